The number of hydrogen-bond donors (Lipinski definition) is 1. The number of hydrogen-bond acceptors (Lipinski definition) is 4. The number of carbonyl (C=O) groups excluding carboxylic acids is 1. The molecule has 1 aliphatic heterocycles. The van der Waals surface area contributed by atoms with E-state index >= 15 is 0 Å². The highest BCUT2D eigenvalue weighted by Gasteiger charge is 2.27. The van der Waals surface area contributed by atoms with Gasteiger partial charge in [0.1, 0.15) is 5.69 Å². The Balaban J connectivity index is 2.00. The van der Waals surface area contributed by atoms with Crippen molar-refractivity contribution in [2.45, 2.75) is 12.5 Å². The number of aryl methyl sites for hydroxylation is 1. The van der Waals surface area contributed by atoms with Gasteiger partial charge in [0.2, 0.25) is 0 Å². The van der Waals surface area contributed by atoms with E-state index in [0.29, 0.717) is 25.4 Å². The third-order valence-corrected chi connectivity index (χ3v) is 2.76. The van der Waals surface area contributed by atoms with E-state index in [1.807, 2.05) is 0 Å². The normalized spacial score (nSPS) is 19.8. The van der Waals surface area contributed by atoms with Crippen LogP contribution in [0.15, 0.2) is 12.3 Å². The zero-order valence-corrected chi connectivity index (χ0v) is 10.1. The van der Waals surface area contributed by atoms with Crippen LogP contribution in [0.4, 0.5) is 0 Å². The molecule has 0 bridgehead atoms. The number of morpholine rings is 1. The molecule has 7 nitrogen and oxygen atoms in total. The SMILES string of the molecule is Cn1ccc(C(=O)N2CCOC(CC(=O)O)C2)n1. The summed E-state index contributed by atoms with van der Waals surface area (Å²) in [6.07, 6.45) is 1.16. The van der Waals surface area contributed by atoms with Crippen LogP contribution in [-0.4, -0.2) is 57.5 Å². The first-order chi connectivity index (χ1) is 8.56. The molecule has 1 N–H and O–H groups in total. The molecule has 1 unspecified atom stereocenters. The number of carboxylic acid groups (broad SMARTS) is 1. The largest absolute Gasteiger partial charge is 0.481 e. The first-order valence-corrected chi connectivity index (χ1v) is 5.68. The quantitative estimate of drug-likeness (QED) is 0.802. The van der Waals surface area contributed by atoms with Gasteiger partial charge in [0, 0.05) is 26.3 Å². The molecule has 1 aromatic rings. The second-order valence-corrected chi connectivity index (χ2v) is 4.22. The van der Waals surface area contributed by atoms with Gasteiger partial charge in [0.15, 0.2) is 0 Å². The van der Waals surface area contributed by atoms with E-state index in [9.17, 15) is 9.59 Å². The molecule has 1 aromatic heterocycles. The molecule has 2 rings (SSSR count). The maximum atomic E-state index is 12.1. The van der Waals surface area contributed by atoms with E-state index in [2.05, 4.69) is 5.10 Å². The minimum Gasteiger partial charge on any atom is -0.481 e. The van der Waals surface area contributed by atoms with Crippen molar-refractivity contribution in [1.29, 1.82) is 0 Å². The predicted octanol–water partition coefficient (Wildman–Crippen LogP) is -0.264. The Bertz CT molecular complexity index is 457. The van der Waals surface area contributed by atoms with Gasteiger partial charge in [-0.05, 0) is 6.07 Å². The lowest BCUT2D eigenvalue weighted by atomic mass is 10.2. The second kappa shape index (κ2) is 5.18. The lowest BCUT2D eigenvalue weighted by Crippen LogP contribution is -2.46. The Hall–Kier alpha value is -1.89. The van der Waals surface area contributed by atoms with Crippen LogP contribution < -0.4 is 0 Å². The van der Waals surface area contributed by atoms with Gasteiger partial charge in [-0.25, -0.2) is 0 Å². The van der Waals surface area contributed by atoms with Crippen molar-refractivity contribution in [3.8, 4) is 0 Å². The molecule has 1 aliphatic rings. The predicted molar refractivity (Wildman–Crippen MR) is 61.1 cm³/mol. The van der Waals surface area contributed by atoms with E-state index in [1.165, 1.54) is 0 Å². The van der Waals surface area contributed by atoms with Crippen molar-refractivity contribution in [2.24, 2.45) is 7.05 Å². The van der Waals surface area contributed by atoms with Crippen LogP contribution >= 0.6 is 0 Å². The van der Waals surface area contributed by atoms with Crippen molar-refractivity contribution in [3.05, 3.63) is 18.0 Å². The highest BCUT2D eigenvalue weighted by Crippen LogP contribution is 2.11. The molecule has 7 heteroatoms. The van der Waals surface area contributed by atoms with Crippen molar-refractivity contribution in [2.75, 3.05) is 19.7 Å². The fraction of sp³-hybridized carbons (Fsp3) is 0.545. The molecule has 1 saturated heterocycles. The number of carbonyl (C=O) groups is 2. The molecule has 1 fully saturated rings. The van der Waals surface area contributed by atoms with E-state index in [1.54, 1.807) is 28.9 Å². The highest BCUT2D eigenvalue weighted by molar-refractivity contribution is 5.92. The van der Waals surface area contributed by atoms with Gasteiger partial charge in [-0.2, -0.15) is 5.10 Å². The van der Waals surface area contributed by atoms with Crippen LogP contribution in [0.2, 0.25) is 0 Å². The number of amides is 1. The Morgan fingerprint density at radius 3 is 3.00 bits per heavy atom. The summed E-state index contributed by atoms with van der Waals surface area (Å²) in [4.78, 5) is 24.3. The summed E-state index contributed by atoms with van der Waals surface area (Å²) in [5.74, 6) is -1.11. The van der Waals surface area contributed by atoms with Crippen LogP contribution in [0, 0.1) is 0 Å². The summed E-state index contributed by atoms with van der Waals surface area (Å²) in [6, 6.07) is 1.64. The molecule has 1 atom stereocenters. The van der Waals surface area contributed by atoms with E-state index in [-0.39, 0.29) is 12.3 Å². The Kier molecular flexibility index (Phi) is 3.61. The number of ether oxygens (including phenoxy) is 1. The van der Waals surface area contributed by atoms with Gasteiger partial charge in [-0.1, -0.05) is 0 Å². The first-order valence-electron chi connectivity index (χ1n) is 5.68. The molecule has 0 spiro atoms. The number of nitrogens with zero attached hydrogens (tertiary/aromatic N) is 3. The van der Waals surface area contributed by atoms with Gasteiger partial charge >= 0.3 is 5.97 Å². The fourth-order valence-corrected chi connectivity index (χ4v) is 1.91. The molecule has 0 aromatic carbocycles. The maximum Gasteiger partial charge on any atom is 0.306 e. The molecule has 0 saturated carbocycles. The summed E-state index contributed by atoms with van der Waals surface area (Å²) < 4.78 is 6.87. The van der Waals surface area contributed by atoms with Crippen molar-refractivity contribution in [3.63, 3.8) is 0 Å². The van der Waals surface area contributed by atoms with Crippen molar-refractivity contribution in [1.82, 2.24) is 14.7 Å². The summed E-state index contributed by atoms with van der Waals surface area (Å²) in [5, 5.41) is 12.8. The Morgan fingerprint density at radius 1 is 1.61 bits per heavy atom. The fourth-order valence-electron chi connectivity index (χ4n) is 1.91. The van der Waals surface area contributed by atoms with Crippen LogP contribution in [0.25, 0.3) is 0 Å². The zero-order valence-electron chi connectivity index (χ0n) is 10.1. The molecule has 18 heavy (non-hydrogen) atoms. The molecule has 0 aliphatic carbocycles. The number of rotatable bonds is 3. The minimum absolute atomic E-state index is 0.0913. The maximum absolute atomic E-state index is 12.1. The summed E-state index contributed by atoms with van der Waals surface area (Å²) in [7, 11) is 1.74. The molecule has 0 radical (unpaired) electrons. The number of carboxylic acids is 1. The number of aliphatic carboxylic acids is 1. The number of aromatic nitrogens is 2. The standard InChI is InChI=1S/C11H15N3O4/c1-13-3-2-9(12-13)11(17)14-4-5-18-8(7-14)6-10(15)16/h2-3,8H,4-7H2,1H3,(H,15,16). The average molecular weight is 253 g/mol. The van der Waals surface area contributed by atoms with Crippen molar-refractivity contribution >= 4 is 11.9 Å². The zero-order chi connectivity index (χ0) is 13.1. The third kappa shape index (κ3) is 2.86. The summed E-state index contributed by atoms with van der Waals surface area (Å²) in [5.41, 5.74) is 0.369. The molecular formula is C11H15N3O4. The second-order valence-electron chi connectivity index (χ2n) is 4.22. The van der Waals surface area contributed by atoms with Gasteiger partial charge in [-0.15, -0.1) is 0 Å². The van der Waals surface area contributed by atoms with Crippen molar-refractivity contribution < 1.29 is 19.4 Å². The molecule has 2 heterocycles. The van der Waals surface area contributed by atoms with Gasteiger partial charge in [-0.3, -0.25) is 14.3 Å². The summed E-state index contributed by atoms with van der Waals surface area (Å²) in [6.45, 7) is 1.11. The third-order valence-electron chi connectivity index (χ3n) is 2.76. The monoisotopic (exact) mass is 253 g/mol. The summed E-state index contributed by atoms with van der Waals surface area (Å²) >= 11 is 0. The lowest BCUT2D eigenvalue weighted by molar-refractivity contribution is -0.141. The van der Waals surface area contributed by atoms with Crippen LogP contribution in [-0.2, 0) is 16.6 Å². The first kappa shape index (κ1) is 12.6. The smallest absolute Gasteiger partial charge is 0.306 e. The lowest BCUT2D eigenvalue weighted by Gasteiger charge is -2.31. The average Bonchev–Trinajstić information content (AvgIpc) is 2.74. The Morgan fingerprint density at radius 2 is 2.39 bits per heavy atom. The molecule has 98 valence electrons. The highest BCUT2D eigenvalue weighted by atomic mass is 16.5. The molecular weight excluding hydrogens is 238 g/mol. The van der Waals surface area contributed by atoms with Gasteiger partial charge in [0.05, 0.1) is 19.1 Å². The van der Waals surface area contributed by atoms with Crippen LogP contribution in [0.5, 0.6) is 0 Å². The van der Waals surface area contributed by atoms with Crippen LogP contribution in [0.3, 0.4) is 0 Å². The van der Waals surface area contributed by atoms with Gasteiger partial charge in [0.25, 0.3) is 5.91 Å². The van der Waals surface area contributed by atoms with E-state index in [0.717, 1.165) is 0 Å². The molecule has 1 amide bonds. The van der Waals surface area contributed by atoms with Crippen LogP contribution in [0.1, 0.15) is 16.9 Å². The van der Waals surface area contributed by atoms with E-state index < -0.39 is 12.1 Å². The minimum atomic E-state index is -0.924. The Labute approximate surface area is 104 Å². The van der Waals surface area contributed by atoms with E-state index in [4.69, 9.17) is 9.84 Å². The topological polar surface area (TPSA) is 84.7 Å². The van der Waals surface area contributed by atoms with Gasteiger partial charge < -0.3 is 14.7 Å².